The molecule has 1 fully saturated rings. The standard InChI is InChI=1S/C11H10BrF3N2O/c12-6-1-2-9(7(5-6)11(13,14)15)17-4-3-8(16)10(17)18/h1-2,5,8H,3-4,16H2. The molecule has 1 aliphatic heterocycles. The lowest BCUT2D eigenvalue weighted by Gasteiger charge is -2.21. The predicted molar refractivity (Wildman–Crippen MR) is 64.1 cm³/mol. The Labute approximate surface area is 110 Å². The van der Waals surface area contributed by atoms with Crippen molar-refractivity contribution in [3.63, 3.8) is 0 Å². The largest absolute Gasteiger partial charge is 0.418 e. The molecule has 0 spiro atoms. The highest BCUT2D eigenvalue weighted by atomic mass is 79.9. The molecule has 1 saturated heterocycles. The third kappa shape index (κ3) is 2.37. The molecule has 98 valence electrons. The van der Waals surface area contributed by atoms with Gasteiger partial charge in [-0.25, -0.2) is 0 Å². The Morgan fingerprint density at radius 2 is 2.06 bits per heavy atom. The van der Waals surface area contributed by atoms with Crippen LogP contribution >= 0.6 is 15.9 Å². The van der Waals surface area contributed by atoms with Gasteiger partial charge in [0.2, 0.25) is 5.91 Å². The van der Waals surface area contributed by atoms with Crippen LogP contribution in [0, 0.1) is 0 Å². The smallest absolute Gasteiger partial charge is 0.320 e. The summed E-state index contributed by atoms with van der Waals surface area (Å²) in [6, 6.07) is 3.01. The second-order valence-corrected chi connectivity index (χ2v) is 4.96. The number of benzene rings is 1. The molecule has 0 aromatic heterocycles. The van der Waals surface area contributed by atoms with Crippen LogP contribution in [0.3, 0.4) is 0 Å². The highest BCUT2D eigenvalue weighted by molar-refractivity contribution is 9.10. The summed E-state index contributed by atoms with van der Waals surface area (Å²) in [6.45, 7) is 0.213. The minimum atomic E-state index is -4.51. The maximum atomic E-state index is 12.9. The summed E-state index contributed by atoms with van der Waals surface area (Å²) in [6.07, 6.45) is -4.14. The van der Waals surface area contributed by atoms with Gasteiger partial charge in [-0.1, -0.05) is 15.9 Å². The fourth-order valence-corrected chi connectivity index (χ4v) is 2.27. The minimum absolute atomic E-state index is 0.136. The van der Waals surface area contributed by atoms with Crippen molar-refractivity contribution in [1.82, 2.24) is 0 Å². The second-order valence-electron chi connectivity index (χ2n) is 4.04. The first kappa shape index (κ1) is 13.4. The van der Waals surface area contributed by atoms with Crippen molar-refractivity contribution >= 4 is 27.5 Å². The van der Waals surface area contributed by atoms with Crippen LogP contribution in [-0.4, -0.2) is 18.5 Å². The molecule has 0 bridgehead atoms. The molecule has 2 rings (SSSR count). The van der Waals surface area contributed by atoms with Crippen LogP contribution in [0.25, 0.3) is 0 Å². The molecule has 1 amide bonds. The van der Waals surface area contributed by atoms with E-state index in [4.69, 9.17) is 5.73 Å². The zero-order chi connectivity index (χ0) is 13.5. The van der Waals surface area contributed by atoms with E-state index in [1.165, 1.54) is 12.1 Å². The van der Waals surface area contributed by atoms with Gasteiger partial charge in [0, 0.05) is 11.0 Å². The van der Waals surface area contributed by atoms with Gasteiger partial charge in [-0.05, 0) is 24.6 Å². The van der Waals surface area contributed by atoms with Crippen molar-refractivity contribution in [2.24, 2.45) is 5.73 Å². The molecular weight excluding hydrogens is 313 g/mol. The number of nitrogens with zero attached hydrogens (tertiary/aromatic N) is 1. The number of rotatable bonds is 1. The van der Waals surface area contributed by atoms with Crippen molar-refractivity contribution in [2.45, 2.75) is 18.6 Å². The Balaban J connectivity index is 2.48. The molecule has 0 radical (unpaired) electrons. The van der Waals surface area contributed by atoms with E-state index in [2.05, 4.69) is 15.9 Å². The number of anilines is 1. The lowest BCUT2D eigenvalue weighted by molar-refractivity contribution is -0.137. The summed E-state index contributed by atoms with van der Waals surface area (Å²) in [4.78, 5) is 12.8. The van der Waals surface area contributed by atoms with E-state index in [0.717, 1.165) is 11.0 Å². The first-order valence-corrected chi connectivity index (χ1v) is 6.03. The van der Waals surface area contributed by atoms with Gasteiger partial charge in [-0.15, -0.1) is 0 Å². The summed E-state index contributed by atoms with van der Waals surface area (Å²) in [5.74, 6) is -0.470. The highest BCUT2D eigenvalue weighted by Crippen LogP contribution is 2.39. The van der Waals surface area contributed by atoms with Gasteiger partial charge >= 0.3 is 6.18 Å². The average molecular weight is 323 g/mol. The molecule has 1 aromatic carbocycles. The summed E-state index contributed by atoms with van der Waals surface area (Å²) < 4.78 is 39.1. The molecular formula is C11H10BrF3N2O. The first-order valence-electron chi connectivity index (χ1n) is 5.24. The zero-order valence-electron chi connectivity index (χ0n) is 9.17. The molecule has 2 N–H and O–H groups in total. The number of carbonyl (C=O) groups excluding carboxylic acids is 1. The molecule has 1 aliphatic rings. The minimum Gasteiger partial charge on any atom is -0.320 e. The van der Waals surface area contributed by atoms with E-state index < -0.39 is 23.7 Å². The fourth-order valence-electron chi connectivity index (χ4n) is 1.91. The maximum absolute atomic E-state index is 12.9. The van der Waals surface area contributed by atoms with E-state index in [9.17, 15) is 18.0 Å². The van der Waals surface area contributed by atoms with E-state index in [1.807, 2.05) is 0 Å². The molecule has 7 heteroatoms. The number of carbonyl (C=O) groups is 1. The van der Waals surface area contributed by atoms with Gasteiger partial charge in [-0.3, -0.25) is 4.79 Å². The highest BCUT2D eigenvalue weighted by Gasteiger charge is 2.38. The molecule has 18 heavy (non-hydrogen) atoms. The lowest BCUT2D eigenvalue weighted by Crippen LogP contribution is -2.35. The van der Waals surface area contributed by atoms with Crippen molar-refractivity contribution < 1.29 is 18.0 Å². The van der Waals surface area contributed by atoms with Crippen LogP contribution in [-0.2, 0) is 11.0 Å². The Morgan fingerprint density at radius 3 is 2.56 bits per heavy atom. The monoisotopic (exact) mass is 322 g/mol. The van der Waals surface area contributed by atoms with Crippen molar-refractivity contribution in [1.29, 1.82) is 0 Å². The molecule has 1 atom stereocenters. The Bertz CT molecular complexity index is 490. The van der Waals surface area contributed by atoms with Crippen molar-refractivity contribution in [3.8, 4) is 0 Å². The number of halogens is 4. The summed E-state index contributed by atoms with van der Waals surface area (Å²) in [5.41, 5.74) is 4.54. The van der Waals surface area contributed by atoms with E-state index in [-0.39, 0.29) is 12.2 Å². The number of alkyl halides is 3. The van der Waals surface area contributed by atoms with Gasteiger partial charge in [0.25, 0.3) is 0 Å². The summed E-state index contributed by atoms with van der Waals surface area (Å²) in [7, 11) is 0. The van der Waals surface area contributed by atoms with Gasteiger partial charge < -0.3 is 10.6 Å². The predicted octanol–water partition coefficient (Wildman–Crippen LogP) is 2.53. The molecule has 0 saturated carbocycles. The van der Waals surface area contributed by atoms with E-state index in [1.54, 1.807) is 0 Å². The van der Waals surface area contributed by atoms with Crippen molar-refractivity contribution in [3.05, 3.63) is 28.2 Å². The zero-order valence-corrected chi connectivity index (χ0v) is 10.8. The first-order chi connectivity index (χ1) is 8.30. The molecule has 3 nitrogen and oxygen atoms in total. The number of hydrogen-bond acceptors (Lipinski definition) is 2. The molecule has 0 aliphatic carbocycles. The van der Waals surface area contributed by atoms with E-state index >= 15 is 0 Å². The Morgan fingerprint density at radius 1 is 1.39 bits per heavy atom. The van der Waals surface area contributed by atoms with Crippen LogP contribution in [0.1, 0.15) is 12.0 Å². The second kappa shape index (κ2) is 4.55. The van der Waals surface area contributed by atoms with Gasteiger partial charge in [0.15, 0.2) is 0 Å². The number of nitrogens with two attached hydrogens (primary N) is 1. The quantitative estimate of drug-likeness (QED) is 0.863. The van der Waals surface area contributed by atoms with E-state index in [0.29, 0.717) is 10.9 Å². The van der Waals surface area contributed by atoms with Crippen molar-refractivity contribution in [2.75, 3.05) is 11.4 Å². The number of amides is 1. The topological polar surface area (TPSA) is 46.3 Å². The number of hydrogen-bond donors (Lipinski definition) is 1. The molecule has 1 aromatic rings. The average Bonchev–Trinajstić information content (AvgIpc) is 2.59. The third-order valence-electron chi connectivity index (χ3n) is 2.80. The van der Waals surface area contributed by atoms with Gasteiger partial charge in [0.1, 0.15) is 0 Å². The normalized spacial score (nSPS) is 20.6. The third-order valence-corrected chi connectivity index (χ3v) is 3.29. The van der Waals surface area contributed by atoms with Gasteiger partial charge in [0.05, 0.1) is 17.3 Å². The SMILES string of the molecule is NC1CCN(c2ccc(Br)cc2C(F)(F)F)C1=O. The molecule has 1 unspecified atom stereocenters. The Hall–Kier alpha value is -1.08. The fraction of sp³-hybridized carbons (Fsp3) is 0.364. The van der Waals surface area contributed by atoms with Gasteiger partial charge in [-0.2, -0.15) is 13.2 Å². The van der Waals surface area contributed by atoms with Crippen LogP contribution in [0.5, 0.6) is 0 Å². The van der Waals surface area contributed by atoms with Crippen LogP contribution in [0.4, 0.5) is 18.9 Å². The lowest BCUT2D eigenvalue weighted by atomic mass is 10.1. The summed E-state index contributed by atoms with van der Waals surface area (Å²) >= 11 is 3.00. The summed E-state index contributed by atoms with van der Waals surface area (Å²) in [5, 5.41) is 0. The van der Waals surface area contributed by atoms with Crippen LogP contribution < -0.4 is 10.6 Å². The Kier molecular flexibility index (Phi) is 3.37. The van der Waals surface area contributed by atoms with Crippen LogP contribution in [0.15, 0.2) is 22.7 Å². The maximum Gasteiger partial charge on any atom is 0.418 e. The van der Waals surface area contributed by atoms with Crippen LogP contribution in [0.2, 0.25) is 0 Å². The molecule has 1 heterocycles.